The minimum absolute atomic E-state index is 0.0528. The number of hydrogen-bond donors (Lipinski definition) is 0. The van der Waals surface area contributed by atoms with Crippen molar-refractivity contribution in [3.05, 3.63) is 54.1 Å². The number of alkyl halides is 1. The van der Waals surface area contributed by atoms with E-state index in [0.29, 0.717) is 44.5 Å². The lowest BCUT2D eigenvalue weighted by Crippen LogP contribution is -2.62. The second-order valence-electron chi connectivity index (χ2n) is 11.7. The van der Waals surface area contributed by atoms with Crippen LogP contribution >= 0.6 is 11.6 Å². The Morgan fingerprint density at radius 1 is 1.18 bits per heavy atom. The molecule has 2 saturated heterocycles. The summed E-state index contributed by atoms with van der Waals surface area (Å²) in [6.07, 6.45) is 12.7. The zero-order valence-corrected chi connectivity index (χ0v) is 26.7. The summed E-state index contributed by atoms with van der Waals surface area (Å²) in [5.74, 6) is -1.53. The third-order valence-electron chi connectivity index (χ3n) is 8.54. The van der Waals surface area contributed by atoms with Crippen LogP contribution in [0, 0.1) is 5.92 Å². The molecule has 0 N–H and O–H groups in total. The minimum Gasteiger partial charge on any atom is -0.468 e. The average Bonchev–Trinajstić information content (AvgIpc) is 3.43. The van der Waals surface area contributed by atoms with Crippen molar-refractivity contribution in [2.75, 3.05) is 19.6 Å². The molecule has 240 valence electrons. The van der Waals surface area contributed by atoms with Gasteiger partial charge in [-0.15, -0.1) is 11.6 Å². The number of halogens is 1. The molecule has 1 unspecified atom stereocenters. The predicted molar refractivity (Wildman–Crippen MR) is 169 cm³/mol. The van der Waals surface area contributed by atoms with Gasteiger partial charge in [-0.2, -0.15) is 4.99 Å². The highest BCUT2D eigenvalue weighted by Crippen LogP contribution is 2.47. The first-order chi connectivity index (χ1) is 21.3. The lowest BCUT2D eigenvalue weighted by Gasteiger charge is -2.49. The quantitative estimate of drug-likeness (QED) is 0.152. The lowest BCUT2D eigenvalue weighted by molar-refractivity contribution is -0.191. The third-order valence-corrected chi connectivity index (χ3v) is 8.76. The maximum absolute atomic E-state index is 13.8. The number of amidine groups is 1. The van der Waals surface area contributed by atoms with Crippen LogP contribution in [0.15, 0.2) is 53.6 Å². The van der Waals surface area contributed by atoms with Crippen LogP contribution in [0.5, 0.6) is 0 Å². The number of hydrogen-bond acceptors (Lipinski definition) is 9. The van der Waals surface area contributed by atoms with Crippen molar-refractivity contribution < 1.29 is 33.3 Å². The molecule has 2 fully saturated rings. The van der Waals surface area contributed by atoms with Crippen LogP contribution in [0.4, 0.5) is 0 Å². The SMILES string of the molecule is CC[C@@H](C=CCCC(=O)C[C@@H]1CC[C@@H]2C(C(=O)OCC=Cc3ccccc3)[C@]3(CCC[C@@H](C)O3)N=C(OC)N12)OC(=O)CCl. The van der Waals surface area contributed by atoms with E-state index >= 15 is 0 Å². The van der Waals surface area contributed by atoms with Gasteiger partial charge in [-0.25, -0.2) is 0 Å². The molecule has 0 amide bonds. The molecular weight excluding hydrogens is 584 g/mol. The third kappa shape index (κ3) is 8.51. The summed E-state index contributed by atoms with van der Waals surface area (Å²) >= 11 is 5.53. The van der Waals surface area contributed by atoms with Gasteiger partial charge in [-0.1, -0.05) is 49.4 Å². The van der Waals surface area contributed by atoms with Gasteiger partial charge in [0.15, 0.2) is 5.72 Å². The van der Waals surface area contributed by atoms with Gasteiger partial charge in [0.2, 0.25) is 0 Å². The predicted octanol–water partition coefficient (Wildman–Crippen LogP) is 5.85. The van der Waals surface area contributed by atoms with E-state index in [9.17, 15) is 14.4 Å². The minimum atomic E-state index is -1.06. The molecular formula is C34H45ClN2O7. The van der Waals surface area contributed by atoms with Gasteiger partial charge in [0.1, 0.15) is 30.3 Å². The number of carbonyl (C=O) groups excluding carboxylic acids is 3. The number of esters is 2. The van der Waals surface area contributed by atoms with Gasteiger partial charge in [-0.3, -0.25) is 14.4 Å². The van der Waals surface area contributed by atoms with Crippen LogP contribution in [0.2, 0.25) is 0 Å². The second-order valence-corrected chi connectivity index (χ2v) is 11.9. The fraction of sp³-hybridized carbons (Fsp3) is 0.588. The number of aliphatic imine (C=N–C) groups is 1. The molecule has 0 aromatic heterocycles. The van der Waals surface area contributed by atoms with Crippen LogP contribution < -0.4 is 0 Å². The molecule has 3 heterocycles. The Morgan fingerprint density at radius 2 is 1.98 bits per heavy atom. The number of fused-ring (bicyclic) bond motifs is 1. The van der Waals surface area contributed by atoms with E-state index in [-0.39, 0.29) is 48.5 Å². The molecule has 0 aliphatic carbocycles. The first-order valence-corrected chi connectivity index (χ1v) is 16.3. The normalized spacial score (nSPS) is 27.3. The van der Waals surface area contributed by atoms with Crippen molar-refractivity contribution in [1.82, 2.24) is 4.90 Å². The van der Waals surface area contributed by atoms with E-state index in [1.807, 2.05) is 67.3 Å². The highest BCUT2D eigenvalue weighted by molar-refractivity contribution is 6.26. The molecule has 10 heteroatoms. The fourth-order valence-corrected chi connectivity index (χ4v) is 6.59. The summed E-state index contributed by atoms with van der Waals surface area (Å²) in [6, 6.07) is 9.87. The molecule has 0 radical (unpaired) electrons. The van der Waals surface area contributed by atoms with E-state index in [4.69, 9.17) is 35.5 Å². The summed E-state index contributed by atoms with van der Waals surface area (Å²) in [7, 11) is 1.58. The van der Waals surface area contributed by atoms with E-state index < -0.39 is 17.6 Å². The topological polar surface area (TPSA) is 104 Å². The molecule has 1 aromatic rings. The van der Waals surface area contributed by atoms with Crippen LogP contribution in [-0.4, -0.2) is 78.3 Å². The molecule has 6 atom stereocenters. The van der Waals surface area contributed by atoms with Crippen molar-refractivity contribution in [2.45, 2.75) is 102 Å². The van der Waals surface area contributed by atoms with Crippen LogP contribution in [-0.2, 0) is 33.3 Å². The molecule has 9 nitrogen and oxygen atoms in total. The molecule has 0 saturated carbocycles. The van der Waals surface area contributed by atoms with Gasteiger partial charge < -0.3 is 23.8 Å². The first-order valence-electron chi connectivity index (χ1n) is 15.7. The highest BCUT2D eigenvalue weighted by Gasteiger charge is 2.59. The molecule has 3 aliphatic rings. The number of ether oxygens (including phenoxy) is 4. The maximum Gasteiger partial charge on any atom is 0.321 e. The molecule has 1 aromatic carbocycles. The van der Waals surface area contributed by atoms with E-state index in [2.05, 4.69) is 0 Å². The summed E-state index contributed by atoms with van der Waals surface area (Å²) in [5, 5.41) is 0. The number of methoxy groups -OCH3 is 1. The Morgan fingerprint density at radius 3 is 2.68 bits per heavy atom. The molecule has 0 bridgehead atoms. The Balaban J connectivity index is 1.44. The van der Waals surface area contributed by atoms with Crippen LogP contribution in [0.25, 0.3) is 6.08 Å². The number of Topliss-reactive ketones (excluding diaryl/α,β-unsaturated/α-hetero) is 1. The highest BCUT2D eigenvalue weighted by atomic mass is 35.5. The number of nitrogens with zero attached hydrogens (tertiary/aromatic N) is 2. The Kier molecular flexibility index (Phi) is 12.4. The summed E-state index contributed by atoms with van der Waals surface area (Å²) in [5.41, 5.74) is -0.0297. The van der Waals surface area contributed by atoms with Crippen LogP contribution in [0.1, 0.15) is 77.2 Å². The number of benzene rings is 1. The van der Waals surface area contributed by atoms with Crippen molar-refractivity contribution in [1.29, 1.82) is 0 Å². The standard InChI is InChI=1S/C34H45ClN2O7/c1-4-28(43-30(39)23-35)17-9-8-16-27(38)22-26-18-19-29-31(32(40)42-21-11-15-25-13-6-5-7-14-25)34(20-10-12-24(2)44-34)36-33(41-3)37(26)29/h5-7,9,11,13-15,17,24,26,28-29,31H,4,8,10,12,16,18-23H2,1-3H3/t24-,26+,28+,29-,31?,34-/m1/s1. The number of carbonyl (C=O) groups is 3. The first kappa shape index (κ1) is 33.7. The zero-order chi connectivity index (χ0) is 31.5. The summed E-state index contributed by atoms with van der Waals surface area (Å²) in [6.45, 7) is 4.07. The van der Waals surface area contributed by atoms with Gasteiger partial charge in [0, 0.05) is 18.9 Å². The van der Waals surface area contributed by atoms with Crippen molar-refractivity contribution in [3.63, 3.8) is 0 Å². The zero-order valence-electron chi connectivity index (χ0n) is 26.0. The van der Waals surface area contributed by atoms with E-state index in [1.165, 1.54) is 0 Å². The summed E-state index contributed by atoms with van der Waals surface area (Å²) in [4.78, 5) is 45.4. The van der Waals surface area contributed by atoms with E-state index in [0.717, 1.165) is 24.8 Å². The van der Waals surface area contributed by atoms with Crippen LogP contribution in [0.3, 0.4) is 0 Å². The Labute approximate surface area is 265 Å². The number of allylic oxidation sites excluding steroid dienone is 1. The van der Waals surface area contributed by atoms with Gasteiger partial charge >= 0.3 is 11.9 Å². The van der Waals surface area contributed by atoms with E-state index in [1.54, 1.807) is 13.2 Å². The van der Waals surface area contributed by atoms with Gasteiger partial charge in [0.05, 0.1) is 19.3 Å². The monoisotopic (exact) mass is 628 g/mol. The summed E-state index contributed by atoms with van der Waals surface area (Å²) < 4.78 is 23.4. The number of ketones is 1. The van der Waals surface area contributed by atoms with Crippen molar-refractivity contribution in [3.8, 4) is 0 Å². The molecule has 1 spiro atoms. The largest absolute Gasteiger partial charge is 0.468 e. The molecule has 44 heavy (non-hydrogen) atoms. The van der Waals surface area contributed by atoms with Gasteiger partial charge in [0.25, 0.3) is 6.02 Å². The molecule has 3 aliphatic heterocycles. The Bertz CT molecular complexity index is 1220. The lowest BCUT2D eigenvalue weighted by atomic mass is 9.80. The number of rotatable bonds is 13. The maximum atomic E-state index is 13.8. The van der Waals surface area contributed by atoms with Crippen molar-refractivity contribution >= 4 is 41.4 Å². The fourth-order valence-electron chi connectivity index (χ4n) is 6.52. The molecule has 4 rings (SSSR count). The Hall–Kier alpha value is -3.17. The average molecular weight is 629 g/mol. The van der Waals surface area contributed by atoms with Gasteiger partial charge in [-0.05, 0) is 69.6 Å². The van der Waals surface area contributed by atoms with Crippen molar-refractivity contribution in [2.24, 2.45) is 10.9 Å². The smallest absolute Gasteiger partial charge is 0.321 e. The second kappa shape index (κ2) is 16.2.